The first-order chi connectivity index (χ1) is 8.79. The van der Waals surface area contributed by atoms with Gasteiger partial charge in [0.1, 0.15) is 5.69 Å². The molecular formula is C14H16N2O2. The van der Waals surface area contributed by atoms with Crippen molar-refractivity contribution in [3.05, 3.63) is 29.5 Å². The zero-order valence-corrected chi connectivity index (χ0v) is 10.4. The van der Waals surface area contributed by atoms with Gasteiger partial charge in [-0.15, -0.1) is 0 Å². The van der Waals surface area contributed by atoms with E-state index in [0.717, 1.165) is 48.6 Å². The fraction of sp³-hybridized carbons (Fsp3) is 0.429. The second kappa shape index (κ2) is 4.53. The molecule has 1 unspecified atom stereocenters. The highest BCUT2D eigenvalue weighted by atomic mass is 16.5. The molecule has 0 radical (unpaired) electrons. The van der Waals surface area contributed by atoms with Crippen LogP contribution in [0.1, 0.15) is 41.5 Å². The van der Waals surface area contributed by atoms with Crippen molar-refractivity contribution < 1.29 is 9.53 Å². The van der Waals surface area contributed by atoms with Crippen molar-refractivity contribution >= 4 is 17.2 Å². The molecule has 0 aliphatic carbocycles. The van der Waals surface area contributed by atoms with Crippen LogP contribution in [0.3, 0.4) is 0 Å². The Kier molecular flexibility index (Phi) is 2.88. The number of aromatic nitrogens is 2. The lowest BCUT2D eigenvalue weighted by molar-refractivity contribution is -0.0367. The van der Waals surface area contributed by atoms with Crippen LogP contribution in [0.25, 0.3) is 10.9 Å². The molecule has 2 heterocycles. The molecule has 1 aromatic carbocycles. The lowest BCUT2D eigenvalue weighted by Crippen LogP contribution is -2.19. The van der Waals surface area contributed by atoms with E-state index in [1.165, 1.54) is 0 Å². The number of benzene rings is 1. The summed E-state index contributed by atoms with van der Waals surface area (Å²) in [6.45, 7) is 2.79. The van der Waals surface area contributed by atoms with Crippen LogP contribution in [0.2, 0.25) is 0 Å². The van der Waals surface area contributed by atoms with Crippen molar-refractivity contribution in [2.75, 3.05) is 6.61 Å². The van der Waals surface area contributed by atoms with Crippen LogP contribution in [0, 0.1) is 6.92 Å². The van der Waals surface area contributed by atoms with Gasteiger partial charge in [0.15, 0.2) is 12.5 Å². The molecule has 1 aliphatic rings. The van der Waals surface area contributed by atoms with Gasteiger partial charge in [-0.1, -0.05) is 11.6 Å². The molecule has 1 aromatic heterocycles. The number of fused-ring (bicyclic) bond motifs is 1. The Bertz CT molecular complexity index is 583. The molecule has 3 rings (SSSR count). The van der Waals surface area contributed by atoms with Crippen molar-refractivity contribution in [2.24, 2.45) is 0 Å². The highest BCUT2D eigenvalue weighted by Crippen LogP contribution is 2.28. The van der Waals surface area contributed by atoms with E-state index >= 15 is 0 Å². The minimum atomic E-state index is -0.0299. The van der Waals surface area contributed by atoms with Crippen molar-refractivity contribution in [3.63, 3.8) is 0 Å². The lowest BCUT2D eigenvalue weighted by Gasteiger charge is -2.23. The zero-order valence-electron chi connectivity index (χ0n) is 10.4. The van der Waals surface area contributed by atoms with E-state index in [1.807, 2.05) is 29.8 Å². The standard InChI is InChI=1S/C14H16N2O2/c1-10-5-6-13-11(8-10)12(9-17)15-16(13)14-4-2-3-7-18-14/h5-6,8-9,14H,2-4,7H2,1H3. The highest BCUT2D eigenvalue weighted by molar-refractivity contribution is 5.95. The first-order valence-corrected chi connectivity index (χ1v) is 6.35. The summed E-state index contributed by atoms with van der Waals surface area (Å²) in [5, 5.41) is 5.31. The third kappa shape index (κ3) is 1.82. The summed E-state index contributed by atoms with van der Waals surface area (Å²) in [7, 11) is 0. The molecule has 4 heteroatoms. The van der Waals surface area contributed by atoms with E-state index in [4.69, 9.17) is 4.74 Å². The Balaban J connectivity index is 2.13. The highest BCUT2D eigenvalue weighted by Gasteiger charge is 2.20. The number of carbonyl (C=O) groups is 1. The molecule has 0 N–H and O–H groups in total. The van der Waals surface area contributed by atoms with Crippen LogP contribution in [0.4, 0.5) is 0 Å². The van der Waals surface area contributed by atoms with Gasteiger partial charge in [-0.2, -0.15) is 5.10 Å². The molecule has 0 amide bonds. The minimum absolute atomic E-state index is 0.0299. The summed E-state index contributed by atoms with van der Waals surface area (Å²) in [4.78, 5) is 11.1. The molecule has 0 saturated carbocycles. The molecule has 18 heavy (non-hydrogen) atoms. The number of rotatable bonds is 2. The normalized spacial score (nSPS) is 20.2. The Morgan fingerprint density at radius 1 is 1.44 bits per heavy atom. The molecule has 1 saturated heterocycles. The van der Waals surface area contributed by atoms with Gasteiger partial charge in [0.05, 0.1) is 5.52 Å². The number of carbonyl (C=O) groups excluding carboxylic acids is 1. The zero-order chi connectivity index (χ0) is 12.5. The first kappa shape index (κ1) is 11.4. The van der Waals surface area contributed by atoms with Crippen LogP contribution in [0.15, 0.2) is 18.2 Å². The van der Waals surface area contributed by atoms with Gasteiger partial charge in [0.25, 0.3) is 0 Å². The molecule has 1 atom stereocenters. The number of ether oxygens (including phenoxy) is 1. The van der Waals surface area contributed by atoms with Crippen LogP contribution in [-0.4, -0.2) is 22.7 Å². The van der Waals surface area contributed by atoms with E-state index in [2.05, 4.69) is 5.10 Å². The van der Waals surface area contributed by atoms with Crippen molar-refractivity contribution in [1.82, 2.24) is 9.78 Å². The molecule has 2 aromatic rings. The Morgan fingerprint density at radius 2 is 2.33 bits per heavy atom. The summed E-state index contributed by atoms with van der Waals surface area (Å²) in [5.74, 6) is 0. The monoisotopic (exact) mass is 244 g/mol. The van der Waals surface area contributed by atoms with Crippen molar-refractivity contribution in [1.29, 1.82) is 0 Å². The number of aryl methyl sites for hydroxylation is 1. The fourth-order valence-corrected chi connectivity index (χ4v) is 2.50. The number of hydrogen-bond donors (Lipinski definition) is 0. The summed E-state index contributed by atoms with van der Waals surface area (Å²) < 4.78 is 7.60. The van der Waals surface area contributed by atoms with Crippen molar-refractivity contribution in [3.8, 4) is 0 Å². The van der Waals surface area contributed by atoms with Gasteiger partial charge in [-0.05, 0) is 38.3 Å². The predicted octanol–water partition coefficient (Wildman–Crippen LogP) is 2.86. The van der Waals surface area contributed by atoms with Gasteiger partial charge >= 0.3 is 0 Å². The van der Waals surface area contributed by atoms with Gasteiger partial charge in [0.2, 0.25) is 0 Å². The van der Waals surface area contributed by atoms with E-state index in [0.29, 0.717) is 5.69 Å². The fourth-order valence-electron chi connectivity index (χ4n) is 2.50. The van der Waals surface area contributed by atoms with E-state index in [9.17, 15) is 4.79 Å². The summed E-state index contributed by atoms with van der Waals surface area (Å²) in [5.41, 5.74) is 2.62. The maximum absolute atomic E-state index is 11.1. The van der Waals surface area contributed by atoms with Gasteiger partial charge in [-0.3, -0.25) is 4.79 Å². The number of aldehydes is 1. The second-order valence-corrected chi connectivity index (χ2v) is 4.79. The average molecular weight is 244 g/mol. The van der Waals surface area contributed by atoms with Crippen molar-refractivity contribution in [2.45, 2.75) is 32.4 Å². The van der Waals surface area contributed by atoms with Gasteiger partial charge in [-0.25, -0.2) is 4.68 Å². The maximum atomic E-state index is 11.1. The van der Waals surface area contributed by atoms with Crippen LogP contribution < -0.4 is 0 Å². The minimum Gasteiger partial charge on any atom is -0.356 e. The molecule has 94 valence electrons. The summed E-state index contributed by atoms with van der Waals surface area (Å²) in [6.07, 6.45) is 4.01. The molecule has 1 fully saturated rings. The smallest absolute Gasteiger partial charge is 0.170 e. The van der Waals surface area contributed by atoms with Crippen LogP contribution >= 0.6 is 0 Å². The topological polar surface area (TPSA) is 44.1 Å². The summed E-state index contributed by atoms with van der Waals surface area (Å²) >= 11 is 0. The van der Waals surface area contributed by atoms with Crippen LogP contribution in [0.5, 0.6) is 0 Å². The quantitative estimate of drug-likeness (QED) is 0.763. The molecular weight excluding hydrogens is 228 g/mol. The molecule has 4 nitrogen and oxygen atoms in total. The largest absolute Gasteiger partial charge is 0.356 e. The Hall–Kier alpha value is -1.68. The predicted molar refractivity (Wildman–Crippen MR) is 68.7 cm³/mol. The second-order valence-electron chi connectivity index (χ2n) is 4.79. The molecule has 0 bridgehead atoms. The van der Waals surface area contributed by atoms with E-state index in [1.54, 1.807) is 0 Å². The third-order valence-corrected chi connectivity index (χ3v) is 3.43. The van der Waals surface area contributed by atoms with E-state index < -0.39 is 0 Å². The van der Waals surface area contributed by atoms with E-state index in [-0.39, 0.29) is 6.23 Å². The molecule has 0 spiro atoms. The Labute approximate surface area is 106 Å². The lowest BCUT2D eigenvalue weighted by atomic mass is 10.1. The number of hydrogen-bond acceptors (Lipinski definition) is 3. The van der Waals surface area contributed by atoms with Gasteiger partial charge < -0.3 is 4.74 Å². The van der Waals surface area contributed by atoms with Crippen LogP contribution in [-0.2, 0) is 4.74 Å². The third-order valence-electron chi connectivity index (χ3n) is 3.43. The Morgan fingerprint density at radius 3 is 3.06 bits per heavy atom. The molecule has 1 aliphatic heterocycles. The number of nitrogens with zero attached hydrogens (tertiary/aromatic N) is 2. The summed E-state index contributed by atoms with van der Waals surface area (Å²) in [6, 6.07) is 6.06. The average Bonchev–Trinajstić information content (AvgIpc) is 2.77. The SMILES string of the molecule is Cc1ccc2c(c1)c(C=O)nn2C1CCCCO1. The maximum Gasteiger partial charge on any atom is 0.170 e. The van der Waals surface area contributed by atoms with Gasteiger partial charge in [0, 0.05) is 12.0 Å². The first-order valence-electron chi connectivity index (χ1n) is 6.35.